The summed E-state index contributed by atoms with van der Waals surface area (Å²) in [5.74, 6) is 0.245. The summed E-state index contributed by atoms with van der Waals surface area (Å²) in [4.78, 5) is 17.7. The van der Waals surface area contributed by atoms with Crippen LogP contribution in [0.15, 0.2) is 60.7 Å². The number of rotatable bonds is 2. The van der Waals surface area contributed by atoms with Crippen molar-refractivity contribution >= 4 is 17.2 Å². The Bertz CT molecular complexity index is 872. The molecule has 0 bridgehead atoms. The van der Waals surface area contributed by atoms with Crippen molar-refractivity contribution in [1.82, 2.24) is 0 Å². The van der Waals surface area contributed by atoms with E-state index in [1.54, 1.807) is 0 Å². The Kier molecular flexibility index (Phi) is 3.81. The number of anilines is 2. The number of carbonyl (C=O) groups is 1. The highest BCUT2D eigenvalue weighted by Crippen LogP contribution is 2.36. The first-order valence-electron chi connectivity index (χ1n) is 9.74. The number of hydrogen-bond donors (Lipinski definition) is 0. The minimum absolute atomic E-state index is 0.109. The number of ketones is 1. The van der Waals surface area contributed by atoms with Crippen LogP contribution in [0.5, 0.6) is 0 Å². The molecule has 5 rings (SSSR count). The summed E-state index contributed by atoms with van der Waals surface area (Å²) in [5, 5.41) is 0. The zero-order chi connectivity index (χ0) is 17.5. The van der Waals surface area contributed by atoms with Crippen LogP contribution in [0.1, 0.15) is 24.0 Å². The van der Waals surface area contributed by atoms with E-state index in [-0.39, 0.29) is 17.9 Å². The summed E-state index contributed by atoms with van der Waals surface area (Å²) in [6.45, 7) is 1.98. The van der Waals surface area contributed by atoms with Crippen LogP contribution >= 0.6 is 0 Å². The third-order valence-corrected chi connectivity index (χ3v) is 6.06. The van der Waals surface area contributed by atoms with Gasteiger partial charge in [0.05, 0.1) is 6.04 Å². The average Bonchev–Trinajstić information content (AvgIpc) is 3.08. The quantitative estimate of drug-likeness (QED) is 0.829. The van der Waals surface area contributed by atoms with Gasteiger partial charge in [0.25, 0.3) is 0 Å². The molecule has 3 aliphatic rings. The van der Waals surface area contributed by atoms with E-state index in [0.29, 0.717) is 0 Å². The Balaban J connectivity index is 1.53. The number of para-hydroxylation sites is 2. The molecule has 2 heterocycles. The molecule has 0 amide bonds. The highest BCUT2D eigenvalue weighted by Gasteiger charge is 2.41. The number of hydrogen-bond acceptors (Lipinski definition) is 3. The molecule has 0 radical (unpaired) electrons. The summed E-state index contributed by atoms with van der Waals surface area (Å²) < 4.78 is 0. The lowest BCUT2D eigenvalue weighted by Gasteiger charge is -2.43. The lowest BCUT2D eigenvalue weighted by Crippen LogP contribution is -2.54. The minimum Gasteiger partial charge on any atom is -0.362 e. The number of nitrogens with zero attached hydrogens (tertiary/aromatic N) is 2. The van der Waals surface area contributed by atoms with Gasteiger partial charge in [0.15, 0.2) is 5.78 Å². The standard InChI is InChI=1S/C23H24N2O/c26-22-14-13-21(24-15-5-9-17-7-1-3-11-19(17)24)23(22)25-16-6-10-18-8-2-4-12-20(18)25/h1-4,7-8,11-14,21,23H,5-6,9-10,15-16H2/t21-,23+/m0/s1. The molecule has 26 heavy (non-hydrogen) atoms. The SMILES string of the molecule is O=C1C=C[C@H](N2CCCc3ccccc32)[C@H]1N1CCCc2ccccc21. The molecule has 0 saturated carbocycles. The minimum atomic E-state index is -0.109. The van der Waals surface area contributed by atoms with Crippen molar-refractivity contribution in [2.45, 2.75) is 37.8 Å². The molecule has 0 saturated heterocycles. The van der Waals surface area contributed by atoms with Crippen LogP contribution < -0.4 is 9.80 Å². The first-order valence-corrected chi connectivity index (χ1v) is 9.74. The average molecular weight is 344 g/mol. The maximum absolute atomic E-state index is 12.9. The maximum atomic E-state index is 12.9. The zero-order valence-electron chi connectivity index (χ0n) is 15.0. The van der Waals surface area contributed by atoms with E-state index in [9.17, 15) is 4.79 Å². The van der Waals surface area contributed by atoms with Gasteiger partial charge < -0.3 is 9.80 Å². The van der Waals surface area contributed by atoms with Gasteiger partial charge in [-0.1, -0.05) is 42.5 Å². The third-order valence-electron chi connectivity index (χ3n) is 6.06. The summed E-state index contributed by atoms with van der Waals surface area (Å²) in [7, 11) is 0. The molecule has 0 aromatic heterocycles. The highest BCUT2D eigenvalue weighted by molar-refractivity contribution is 6.01. The van der Waals surface area contributed by atoms with Gasteiger partial charge in [-0.15, -0.1) is 0 Å². The Morgan fingerprint density at radius 3 is 2.04 bits per heavy atom. The molecule has 3 heteroatoms. The van der Waals surface area contributed by atoms with Gasteiger partial charge in [0.2, 0.25) is 0 Å². The summed E-state index contributed by atoms with van der Waals surface area (Å²) >= 11 is 0. The van der Waals surface area contributed by atoms with E-state index >= 15 is 0 Å². The van der Waals surface area contributed by atoms with Crippen LogP contribution in [0.4, 0.5) is 11.4 Å². The fourth-order valence-electron chi connectivity index (χ4n) is 4.90. The lowest BCUT2D eigenvalue weighted by atomic mass is 9.95. The lowest BCUT2D eigenvalue weighted by molar-refractivity contribution is -0.115. The monoisotopic (exact) mass is 344 g/mol. The van der Waals surface area contributed by atoms with Crippen LogP contribution in [0, 0.1) is 0 Å². The molecule has 2 atom stereocenters. The van der Waals surface area contributed by atoms with Crippen LogP contribution in [0.2, 0.25) is 0 Å². The summed E-state index contributed by atoms with van der Waals surface area (Å²) in [6.07, 6.45) is 8.45. The Morgan fingerprint density at radius 2 is 1.35 bits per heavy atom. The fourth-order valence-corrected chi connectivity index (χ4v) is 4.90. The van der Waals surface area contributed by atoms with E-state index < -0.39 is 0 Å². The van der Waals surface area contributed by atoms with Crippen molar-refractivity contribution in [1.29, 1.82) is 0 Å². The molecule has 0 N–H and O–H groups in total. The maximum Gasteiger partial charge on any atom is 0.180 e. The van der Waals surface area contributed by atoms with E-state index in [2.05, 4.69) is 64.4 Å². The zero-order valence-corrected chi connectivity index (χ0v) is 15.0. The molecular formula is C23H24N2O. The molecule has 1 aliphatic carbocycles. The first-order chi connectivity index (χ1) is 12.8. The van der Waals surface area contributed by atoms with Crippen LogP contribution in [-0.4, -0.2) is 31.0 Å². The molecule has 0 unspecified atom stereocenters. The molecule has 0 spiro atoms. The van der Waals surface area contributed by atoms with Gasteiger partial charge >= 0.3 is 0 Å². The van der Waals surface area contributed by atoms with Gasteiger partial charge in [-0.3, -0.25) is 4.79 Å². The van der Waals surface area contributed by atoms with Crippen molar-refractivity contribution < 1.29 is 4.79 Å². The van der Waals surface area contributed by atoms with E-state index in [4.69, 9.17) is 0 Å². The summed E-state index contributed by atoms with van der Waals surface area (Å²) in [6, 6.07) is 17.3. The Morgan fingerprint density at radius 1 is 0.769 bits per heavy atom. The second-order valence-electron chi connectivity index (χ2n) is 7.55. The second kappa shape index (κ2) is 6.31. The number of aryl methyl sites for hydroxylation is 2. The van der Waals surface area contributed by atoms with Gasteiger partial charge in [-0.05, 0) is 55.0 Å². The number of benzene rings is 2. The number of carbonyl (C=O) groups excluding carboxylic acids is 1. The number of fused-ring (bicyclic) bond motifs is 2. The molecule has 2 aromatic carbocycles. The van der Waals surface area contributed by atoms with Crippen LogP contribution in [0.3, 0.4) is 0 Å². The fraction of sp³-hybridized carbons (Fsp3) is 0.348. The first kappa shape index (κ1) is 15.7. The van der Waals surface area contributed by atoms with E-state index in [1.165, 1.54) is 22.5 Å². The van der Waals surface area contributed by atoms with Gasteiger partial charge in [0.1, 0.15) is 6.04 Å². The molecule has 2 aliphatic heterocycles. The van der Waals surface area contributed by atoms with Crippen molar-refractivity contribution in [2.75, 3.05) is 22.9 Å². The largest absolute Gasteiger partial charge is 0.362 e. The van der Waals surface area contributed by atoms with Crippen molar-refractivity contribution in [2.24, 2.45) is 0 Å². The van der Waals surface area contributed by atoms with E-state index in [0.717, 1.165) is 38.8 Å². The topological polar surface area (TPSA) is 23.6 Å². The van der Waals surface area contributed by atoms with Gasteiger partial charge in [-0.2, -0.15) is 0 Å². The predicted molar refractivity (Wildman–Crippen MR) is 106 cm³/mol. The molecule has 132 valence electrons. The van der Waals surface area contributed by atoms with E-state index in [1.807, 2.05) is 6.08 Å². The third kappa shape index (κ3) is 2.45. The summed E-state index contributed by atoms with van der Waals surface area (Å²) in [5.41, 5.74) is 5.33. The highest BCUT2D eigenvalue weighted by atomic mass is 16.1. The van der Waals surface area contributed by atoms with Crippen molar-refractivity contribution in [3.8, 4) is 0 Å². The van der Waals surface area contributed by atoms with Crippen molar-refractivity contribution in [3.05, 3.63) is 71.8 Å². The molecule has 0 fully saturated rings. The van der Waals surface area contributed by atoms with Crippen LogP contribution in [-0.2, 0) is 17.6 Å². The smallest absolute Gasteiger partial charge is 0.180 e. The second-order valence-corrected chi connectivity index (χ2v) is 7.55. The predicted octanol–water partition coefficient (Wildman–Crippen LogP) is 3.77. The van der Waals surface area contributed by atoms with Gasteiger partial charge in [0, 0.05) is 24.5 Å². The normalized spacial score (nSPS) is 24.5. The van der Waals surface area contributed by atoms with Gasteiger partial charge in [-0.25, -0.2) is 0 Å². The molecule has 3 nitrogen and oxygen atoms in total. The molecular weight excluding hydrogens is 320 g/mol. The molecule has 2 aromatic rings. The van der Waals surface area contributed by atoms with Crippen LogP contribution in [0.25, 0.3) is 0 Å². The Hall–Kier alpha value is -2.55. The van der Waals surface area contributed by atoms with Crippen molar-refractivity contribution in [3.63, 3.8) is 0 Å². The Labute approximate surface area is 154 Å².